The maximum Gasteiger partial charge on any atom is 0.231 e. The zero-order valence-corrected chi connectivity index (χ0v) is 13.2. The third-order valence-corrected chi connectivity index (χ3v) is 3.67. The van der Waals surface area contributed by atoms with E-state index in [2.05, 4.69) is 33.8 Å². The number of benzene rings is 2. The first-order valence-electron chi connectivity index (χ1n) is 7.72. The molecule has 1 aliphatic heterocycles. The first-order valence-corrected chi connectivity index (χ1v) is 7.72. The second-order valence-electron chi connectivity index (χ2n) is 5.28. The van der Waals surface area contributed by atoms with E-state index in [0.717, 1.165) is 37.0 Å². The van der Waals surface area contributed by atoms with E-state index in [-0.39, 0.29) is 0 Å². The van der Waals surface area contributed by atoms with Crippen LogP contribution in [0.2, 0.25) is 0 Å². The molecular weight excluding hydrogens is 290 g/mol. The molecule has 5 heteroatoms. The van der Waals surface area contributed by atoms with Crippen molar-refractivity contribution in [2.45, 2.75) is 13.0 Å². The largest absolute Gasteiger partial charge is 0.454 e. The van der Waals surface area contributed by atoms with E-state index in [1.807, 2.05) is 30.3 Å². The van der Waals surface area contributed by atoms with Gasteiger partial charge in [0.2, 0.25) is 6.79 Å². The molecule has 0 saturated heterocycles. The van der Waals surface area contributed by atoms with Crippen molar-refractivity contribution in [3.63, 3.8) is 0 Å². The fourth-order valence-electron chi connectivity index (χ4n) is 2.42. The van der Waals surface area contributed by atoms with Crippen LogP contribution in [0, 0.1) is 0 Å². The predicted octanol–water partition coefficient (Wildman–Crippen LogP) is 2.32. The molecule has 23 heavy (non-hydrogen) atoms. The second-order valence-corrected chi connectivity index (χ2v) is 5.28. The van der Waals surface area contributed by atoms with E-state index in [1.165, 1.54) is 11.1 Å². The Morgan fingerprint density at radius 1 is 1.00 bits per heavy atom. The van der Waals surface area contributed by atoms with Crippen molar-refractivity contribution < 1.29 is 9.47 Å². The molecule has 3 rings (SSSR count). The van der Waals surface area contributed by atoms with Crippen LogP contribution in [0.5, 0.6) is 11.5 Å². The van der Waals surface area contributed by atoms with Gasteiger partial charge in [0.25, 0.3) is 0 Å². The summed E-state index contributed by atoms with van der Waals surface area (Å²) in [6, 6.07) is 16.3. The van der Waals surface area contributed by atoms with Gasteiger partial charge in [-0.1, -0.05) is 36.4 Å². The van der Waals surface area contributed by atoms with Crippen LogP contribution in [0.25, 0.3) is 0 Å². The van der Waals surface area contributed by atoms with Gasteiger partial charge in [-0.3, -0.25) is 4.99 Å². The summed E-state index contributed by atoms with van der Waals surface area (Å²) in [7, 11) is 1.78. The summed E-state index contributed by atoms with van der Waals surface area (Å²) in [6.45, 7) is 1.87. The highest BCUT2D eigenvalue weighted by Crippen LogP contribution is 2.32. The fraction of sp³-hybridized carbons (Fsp3) is 0.278. The summed E-state index contributed by atoms with van der Waals surface area (Å²) < 4.78 is 10.7. The van der Waals surface area contributed by atoms with Gasteiger partial charge in [-0.25, -0.2) is 0 Å². The molecule has 2 N–H and O–H groups in total. The number of fused-ring (bicyclic) bond motifs is 1. The van der Waals surface area contributed by atoms with Gasteiger partial charge >= 0.3 is 0 Å². The summed E-state index contributed by atoms with van der Waals surface area (Å²) in [4.78, 5) is 4.24. The SMILES string of the molecule is CN=C(NCCc1ccc2c(c1)OCO2)NCc1ccccc1. The van der Waals surface area contributed by atoms with E-state index in [9.17, 15) is 0 Å². The highest BCUT2D eigenvalue weighted by Gasteiger charge is 2.12. The molecule has 0 atom stereocenters. The first-order chi connectivity index (χ1) is 11.3. The van der Waals surface area contributed by atoms with Gasteiger partial charge in [0, 0.05) is 20.1 Å². The number of hydrogen-bond acceptors (Lipinski definition) is 3. The number of nitrogens with zero attached hydrogens (tertiary/aromatic N) is 1. The number of rotatable bonds is 5. The fourth-order valence-corrected chi connectivity index (χ4v) is 2.42. The minimum Gasteiger partial charge on any atom is -0.454 e. The number of aliphatic imine (C=N–C) groups is 1. The van der Waals surface area contributed by atoms with Crippen LogP contribution in [0.1, 0.15) is 11.1 Å². The first kappa shape index (κ1) is 15.2. The summed E-state index contributed by atoms with van der Waals surface area (Å²) >= 11 is 0. The molecule has 0 bridgehead atoms. The normalized spacial score (nSPS) is 13.0. The Hall–Kier alpha value is -2.69. The van der Waals surface area contributed by atoms with Crippen LogP contribution in [-0.2, 0) is 13.0 Å². The highest BCUT2D eigenvalue weighted by atomic mass is 16.7. The van der Waals surface area contributed by atoms with Crippen LogP contribution in [0.4, 0.5) is 0 Å². The standard InChI is InChI=1S/C18H21N3O2/c1-19-18(21-12-15-5-3-2-4-6-15)20-10-9-14-7-8-16-17(11-14)23-13-22-16/h2-8,11H,9-10,12-13H2,1H3,(H2,19,20,21). The lowest BCUT2D eigenvalue weighted by Gasteiger charge is -2.12. The van der Waals surface area contributed by atoms with Gasteiger partial charge in [-0.2, -0.15) is 0 Å². The molecule has 5 nitrogen and oxygen atoms in total. The molecule has 1 aliphatic rings. The monoisotopic (exact) mass is 311 g/mol. The van der Waals surface area contributed by atoms with Crippen molar-refractivity contribution >= 4 is 5.96 Å². The van der Waals surface area contributed by atoms with Crippen molar-refractivity contribution in [3.8, 4) is 11.5 Å². The summed E-state index contributed by atoms with van der Waals surface area (Å²) in [5.41, 5.74) is 2.44. The third kappa shape index (κ3) is 4.16. The Morgan fingerprint density at radius 2 is 1.83 bits per heavy atom. The van der Waals surface area contributed by atoms with Crippen LogP contribution >= 0.6 is 0 Å². The Kier molecular flexibility index (Phi) is 4.99. The van der Waals surface area contributed by atoms with Crippen molar-refractivity contribution in [1.82, 2.24) is 10.6 Å². The molecule has 1 heterocycles. The molecule has 2 aromatic rings. The highest BCUT2D eigenvalue weighted by molar-refractivity contribution is 5.79. The smallest absolute Gasteiger partial charge is 0.231 e. The van der Waals surface area contributed by atoms with Crippen LogP contribution in [0.15, 0.2) is 53.5 Å². The minimum atomic E-state index is 0.313. The molecule has 0 fully saturated rings. The lowest BCUT2D eigenvalue weighted by molar-refractivity contribution is 0.174. The van der Waals surface area contributed by atoms with Gasteiger partial charge in [0.15, 0.2) is 17.5 Å². The lowest BCUT2D eigenvalue weighted by Crippen LogP contribution is -2.37. The lowest BCUT2D eigenvalue weighted by atomic mass is 10.1. The van der Waals surface area contributed by atoms with Crippen molar-refractivity contribution in [3.05, 3.63) is 59.7 Å². The van der Waals surface area contributed by atoms with Crippen LogP contribution < -0.4 is 20.1 Å². The maximum atomic E-state index is 5.40. The summed E-state index contributed by atoms with van der Waals surface area (Å²) in [5.74, 6) is 2.45. The van der Waals surface area contributed by atoms with Crippen LogP contribution in [-0.4, -0.2) is 26.3 Å². The summed E-state index contributed by atoms with van der Waals surface area (Å²) in [5, 5.41) is 6.63. The average molecular weight is 311 g/mol. The second kappa shape index (κ2) is 7.54. The molecule has 120 valence electrons. The zero-order chi connectivity index (χ0) is 15.9. The van der Waals surface area contributed by atoms with Crippen molar-refractivity contribution in [2.24, 2.45) is 4.99 Å². The summed E-state index contributed by atoms with van der Waals surface area (Å²) in [6.07, 6.45) is 0.892. The van der Waals surface area contributed by atoms with E-state index >= 15 is 0 Å². The molecule has 0 aliphatic carbocycles. The van der Waals surface area contributed by atoms with E-state index in [1.54, 1.807) is 7.05 Å². The molecule has 0 spiro atoms. The number of hydrogen-bond donors (Lipinski definition) is 2. The Bertz CT molecular complexity index is 671. The minimum absolute atomic E-state index is 0.313. The van der Waals surface area contributed by atoms with Crippen LogP contribution in [0.3, 0.4) is 0 Å². The van der Waals surface area contributed by atoms with E-state index in [4.69, 9.17) is 9.47 Å². The number of ether oxygens (including phenoxy) is 2. The molecule has 0 radical (unpaired) electrons. The van der Waals surface area contributed by atoms with Gasteiger partial charge in [-0.05, 0) is 29.7 Å². The number of guanidine groups is 1. The third-order valence-electron chi connectivity index (χ3n) is 3.67. The van der Waals surface area contributed by atoms with Crippen molar-refractivity contribution in [2.75, 3.05) is 20.4 Å². The zero-order valence-electron chi connectivity index (χ0n) is 13.2. The van der Waals surface area contributed by atoms with Gasteiger partial charge in [0.1, 0.15) is 0 Å². The van der Waals surface area contributed by atoms with Gasteiger partial charge in [-0.15, -0.1) is 0 Å². The molecule has 0 unspecified atom stereocenters. The molecule has 2 aromatic carbocycles. The van der Waals surface area contributed by atoms with Gasteiger partial charge < -0.3 is 20.1 Å². The van der Waals surface area contributed by atoms with E-state index in [0.29, 0.717) is 6.79 Å². The average Bonchev–Trinajstić information content (AvgIpc) is 3.06. The quantitative estimate of drug-likeness (QED) is 0.657. The topological polar surface area (TPSA) is 54.9 Å². The Balaban J connectivity index is 1.45. The molecular formula is C18H21N3O2. The molecule has 0 saturated carbocycles. The Morgan fingerprint density at radius 3 is 2.65 bits per heavy atom. The predicted molar refractivity (Wildman–Crippen MR) is 90.9 cm³/mol. The molecule has 0 aromatic heterocycles. The Labute approximate surface area is 136 Å². The number of nitrogens with one attached hydrogen (secondary N) is 2. The van der Waals surface area contributed by atoms with Crippen molar-refractivity contribution in [1.29, 1.82) is 0 Å². The van der Waals surface area contributed by atoms with Gasteiger partial charge in [0.05, 0.1) is 0 Å². The maximum absolute atomic E-state index is 5.40. The van der Waals surface area contributed by atoms with E-state index < -0.39 is 0 Å². The molecule has 0 amide bonds.